The molecule has 0 saturated carbocycles. The van der Waals surface area contributed by atoms with E-state index in [1.807, 2.05) is 6.07 Å². The highest BCUT2D eigenvalue weighted by Crippen LogP contribution is 2.38. The zero-order chi connectivity index (χ0) is 14.0. The predicted molar refractivity (Wildman–Crippen MR) is 81.2 cm³/mol. The van der Waals surface area contributed by atoms with Crippen LogP contribution < -0.4 is 0 Å². The van der Waals surface area contributed by atoms with E-state index in [1.165, 1.54) is 0 Å². The molecule has 5 heteroatoms. The van der Waals surface area contributed by atoms with Gasteiger partial charge in [-0.05, 0) is 29.3 Å². The van der Waals surface area contributed by atoms with Gasteiger partial charge >= 0.3 is 0 Å². The third-order valence-electron chi connectivity index (χ3n) is 2.62. The zero-order valence-electron chi connectivity index (χ0n) is 9.55. The van der Waals surface area contributed by atoms with Gasteiger partial charge in [0.15, 0.2) is 0 Å². The Balaban J connectivity index is 2.55. The fourth-order valence-electron chi connectivity index (χ4n) is 1.75. The van der Waals surface area contributed by atoms with Crippen LogP contribution in [0.4, 0.5) is 0 Å². The van der Waals surface area contributed by atoms with Crippen molar-refractivity contribution in [2.24, 2.45) is 0 Å². The second-order valence-corrected chi connectivity index (χ2v) is 5.54. The Morgan fingerprint density at radius 3 is 2.05 bits per heavy atom. The third-order valence-corrected chi connectivity index (χ3v) is 3.78. The Bertz CT molecular complexity index is 651. The number of halogens is 4. The molecule has 96 valence electrons. The molecule has 1 nitrogen and oxygen atoms in total. The SMILES string of the molecule is N#CCc1ccc(-c2c(Cl)cc(Cl)cc2Cl)cc1Cl. The van der Waals surface area contributed by atoms with Gasteiger partial charge < -0.3 is 0 Å². The number of benzene rings is 2. The Morgan fingerprint density at radius 2 is 1.53 bits per heavy atom. The number of hydrogen-bond acceptors (Lipinski definition) is 1. The van der Waals surface area contributed by atoms with E-state index < -0.39 is 0 Å². The van der Waals surface area contributed by atoms with Gasteiger partial charge in [-0.3, -0.25) is 0 Å². The summed E-state index contributed by atoms with van der Waals surface area (Å²) in [5.74, 6) is 0. The zero-order valence-corrected chi connectivity index (χ0v) is 12.6. The summed E-state index contributed by atoms with van der Waals surface area (Å²) < 4.78 is 0. The molecule has 0 fully saturated rings. The van der Waals surface area contributed by atoms with E-state index in [0.717, 1.165) is 11.1 Å². The van der Waals surface area contributed by atoms with E-state index in [1.54, 1.807) is 24.3 Å². The topological polar surface area (TPSA) is 23.8 Å². The summed E-state index contributed by atoms with van der Waals surface area (Å²) >= 11 is 24.3. The molecule has 0 amide bonds. The molecule has 0 N–H and O–H groups in total. The second kappa shape index (κ2) is 6.03. The molecule has 2 aromatic rings. The minimum absolute atomic E-state index is 0.265. The first-order valence-electron chi connectivity index (χ1n) is 5.33. The molecular formula is C14H7Cl4N. The molecule has 0 aromatic heterocycles. The van der Waals surface area contributed by atoms with Crippen molar-refractivity contribution in [3.05, 3.63) is 56.0 Å². The molecule has 2 aromatic carbocycles. The average Bonchev–Trinajstić information content (AvgIpc) is 2.31. The lowest BCUT2D eigenvalue weighted by atomic mass is 10.0. The van der Waals surface area contributed by atoms with Crippen LogP contribution in [0.2, 0.25) is 20.1 Å². The van der Waals surface area contributed by atoms with Gasteiger partial charge in [-0.15, -0.1) is 0 Å². The smallest absolute Gasteiger partial charge is 0.0670 e. The lowest BCUT2D eigenvalue weighted by Crippen LogP contribution is -1.87. The maximum absolute atomic E-state index is 8.68. The summed E-state index contributed by atoms with van der Waals surface area (Å²) in [6.07, 6.45) is 0.265. The Hall–Kier alpha value is -0.910. The summed E-state index contributed by atoms with van der Waals surface area (Å²) in [4.78, 5) is 0. The van der Waals surface area contributed by atoms with Crippen LogP contribution in [0.25, 0.3) is 11.1 Å². The van der Waals surface area contributed by atoms with Crippen LogP contribution in [0, 0.1) is 11.3 Å². The van der Waals surface area contributed by atoms with Crippen molar-refractivity contribution in [2.45, 2.75) is 6.42 Å². The Kier molecular flexibility index (Phi) is 4.60. The van der Waals surface area contributed by atoms with Gasteiger partial charge in [0.05, 0.1) is 22.5 Å². The van der Waals surface area contributed by atoms with Crippen molar-refractivity contribution in [1.82, 2.24) is 0 Å². The lowest BCUT2D eigenvalue weighted by Gasteiger charge is -2.10. The largest absolute Gasteiger partial charge is 0.198 e. The van der Waals surface area contributed by atoms with E-state index in [9.17, 15) is 0 Å². The predicted octanol–water partition coefficient (Wildman–Crippen LogP) is 6.03. The maximum Gasteiger partial charge on any atom is 0.0670 e. The monoisotopic (exact) mass is 329 g/mol. The standard InChI is InChI=1S/C14H7Cl4N/c15-10-6-12(17)14(13(18)7-10)9-2-1-8(3-4-19)11(16)5-9/h1-2,5-7H,3H2. The van der Waals surface area contributed by atoms with Gasteiger partial charge in [-0.2, -0.15) is 5.26 Å². The number of hydrogen-bond donors (Lipinski definition) is 0. The molecular weight excluding hydrogens is 324 g/mol. The summed E-state index contributed by atoms with van der Waals surface area (Å²) in [6, 6.07) is 10.7. The summed E-state index contributed by atoms with van der Waals surface area (Å²) in [6.45, 7) is 0. The van der Waals surface area contributed by atoms with Gasteiger partial charge in [0.25, 0.3) is 0 Å². The Morgan fingerprint density at radius 1 is 0.895 bits per heavy atom. The van der Waals surface area contributed by atoms with E-state index in [2.05, 4.69) is 6.07 Å². The summed E-state index contributed by atoms with van der Waals surface area (Å²) in [5.41, 5.74) is 2.24. The highest BCUT2D eigenvalue weighted by Gasteiger charge is 2.12. The van der Waals surface area contributed by atoms with Crippen LogP contribution >= 0.6 is 46.4 Å². The molecule has 0 heterocycles. The molecule has 0 bridgehead atoms. The average molecular weight is 331 g/mol. The van der Waals surface area contributed by atoms with E-state index in [-0.39, 0.29) is 6.42 Å². The minimum atomic E-state index is 0.265. The third kappa shape index (κ3) is 3.16. The van der Waals surface area contributed by atoms with Crippen molar-refractivity contribution < 1.29 is 0 Å². The minimum Gasteiger partial charge on any atom is -0.198 e. The van der Waals surface area contributed by atoms with E-state index >= 15 is 0 Å². The van der Waals surface area contributed by atoms with Gasteiger partial charge in [0.2, 0.25) is 0 Å². The van der Waals surface area contributed by atoms with Gasteiger partial charge in [-0.1, -0.05) is 58.5 Å². The van der Waals surface area contributed by atoms with Crippen LogP contribution in [0.15, 0.2) is 30.3 Å². The number of nitriles is 1. The first-order valence-corrected chi connectivity index (χ1v) is 6.84. The molecule has 0 spiro atoms. The van der Waals surface area contributed by atoms with Crippen molar-refractivity contribution in [3.63, 3.8) is 0 Å². The van der Waals surface area contributed by atoms with Crippen LogP contribution in [0.3, 0.4) is 0 Å². The molecule has 0 radical (unpaired) electrons. The van der Waals surface area contributed by atoms with Crippen molar-refractivity contribution in [1.29, 1.82) is 5.26 Å². The molecule has 0 aliphatic rings. The first kappa shape index (κ1) is 14.5. The van der Waals surface area contributed by atoms with E-state index in [4.69, 9.17) is 51.7 Å². The number of rotatable bonds is 2. The molecule has 0 saturated heterocycles. The second-order valence-electron chi connectivity index (χ2n) is 3.89. The molecule has 2 rings (SSSR count). The molecule has 0 atom stereocenters. The van der Waals surface area contributed by atoms with Crippen LogP contribution in [0.1, 0.15) is 5.56 Å². The fraction of sp³-hybridized carbons (Fsp3) is 0.0714. The van der Waals surface area contributed by atoms with Gasteiger partial charge in [0.1, 0.15) is 0 Å². The molecule has 0 aliphatic heterocycles. The molecule has 0 aliphatic carbocycles. The molecule has 0 unspecified atom stereocenters. The van der Waals surface area contributed by atoms with Crippen molar-refractivity contribution in [2.75, 3.05) is 0 Å². The first-order chi connectivity index (χ1) is 9.02. The Labute approximate surface area is 131 Å². The van der Waals surface area contributed by atoms with Crippen LogP contribution in [0.5, 0.6) is 0 Å². The van der Waals surface area contributed by atoms with E-state index in [0.29, 0.717) is 25.7 Å². The van der Waals surface area contributed by atoms with Crippen molar-refractivity contribution in [3.8, 4) is 17.2 Å². The highest BCUT2D eigenvalue weighted by molar-refractivity contribution is 6.42. The van der Waals surface area contributed by atoms with Gasteiger partial charge in [-0.25, -0.2) is 0 Å². The molecule has 19 heavy (non-hydrogen) atoms. The maximum atomic E-state index is 8.68. The van der Waals surface area contributed by atoms with Crippen LogP contribution in [-0.4, -0.2) is 0 Å². The quantitative estimate of drug-likeness (QED) is 0.659. The van der Waals surface area contributed by atoms with Crippen LogP contribution in [-0.2, 0) is 6.42 Å². The summed E-state index contributed by atoms with van der Waals surface area (Å²) in [7, 11) is 0. The summed E-state index contributed by atoms with van der Waals surface area (Å²) in [5, 5.41) is 10.6. The normalized spacial score (nSPS) is 10.3. The van der Waals surface area contributed by atoms with Crippen molar-refractivity contribution >= 4 is 46.4 Å². The number of nitrogens with zero attached hydrogens (tertiary/aromatic N) is 1. The highest BCUT2D eigenvalue weighted by atomic mass is 35.5. The fourth-order valence-corrected chi connectivity index (χ4v) is 3.03. The van der Waals surface area contributed by atoms with Gasteiger partial charge in [0, 0.05) is 15.6 Å². The lowest BCUT2D eigenvalue weighted by molar-refractivity contribution is 1.26.